The van der Waals surface area contributed by atoms with Crippen molar-refractivity contribution in [3.63, 3.8) is 0 Å². The smallest absolute Gasteiger partial charge is 0.407 e. The van der Waals surface area contributed by atoms with E-state index < -0.39 is 0 Å². The van der Waals surface area contributed by atoms with Crippen molar-refractivity contribution in [3.8, 4) is 0 Å². The van der Waals surface area contributed by atoms with E-state index in [1.807, 2.05) is 30.5 Å². The fourth-order valence-corrected chi connectivity index (χ4v) is 6.11. The van der Waals surface area contributed by atoms with E-state index in [9.17, 15) is 4.79 Å². The van der Waals surface area contributed by atoms with Gasteiger partial charge in [-0.3, -0.25) is 4.90 Å². The van der Waals surface area contributed by atoms with Gasteiger partial charge in [-0.2, -0.15) is 0 Å². The van der Waals surface area contributed by atoms with E-state index in [1.165, 1.54) is 24.8 Å². The summed E-state index contributed by atoms with van der Waals surface area (Å²) in [5, 5.41) is 3.80. The van der Waals surface area contributed by atoms with Gasteiger partial charge >= 0.3 is 6.09 Å². The average molecular weight is 527 g/mol. The van der Waals surface area contributed by atoms with Crippen molar-refractivity contribution in [1.82, 2.24) is 15.2 Å². The Morgan fingerprint density at radius 3 is 2.57 bits per heavy atom. The lowest BCUT2D eigenvalue weighted by atomic mass is 9.96. The van der Waals surface area contributed by atoms with Crippen molar-refractivity contribution >= 4 is 23.5 Å². The normalized spacial score (nSPS) is 24.1. The Kier molecular flexibility index (Phi) is 9.19. The van der Waals surface area contributed by atoms with E-state index in [0.29, 0.717) is 12.6 Å². The molecule has 3 heterocycles. The van der Waals surface area contributed by atoms with Gasteiger partial charge in [0.05, 0.1) is 6.61 Å². The fraction of sp³-hybridized carbons (Fsp3) is 0.586. The minimum Gasteiger partial charge on any atom is -0.447 e. The minimum atomic E-state index is -0.311. The number of rotatable bonds is 7. The van der Waals surface area contributed by atoms with Gasteiger partial charge in [0.15, 0.2) is 0 Å². The number of anilines is 1. The van der Waals surface area contributed by atoms with Crippen LogP contribution in [-0.4, -0.2) is 73.1 Å². The Morgan fingerprint density at radius 2 is 1.84 bits per heavy atom. The Hall–Kier alpha value is -2.35. The lowest BCUT2D eigenvalue weighted by molar-refractivity contribution is -0.0991. The first-order valence-electron chi connectivity index (χ1n) is 13.8. The lowest BCUT2D eigenvalue weighted by Gasteiger charge is -2.46. The molecule has 37 heavy (non-hydrogen) atoms. The van der Waals surface area contributed by atoms with Crippen LogP contribution in [0.15, 0.2) is 48.7 Å². The van der Waals surface area contributed by atoms with Crippen LogP contribution in [0.3, 0.4) is 0 Å². The number of carbonyl (C=O) groups excluding carboxylic acids is 1. The van der Waals surface area contributed by atoms with Crippen molar-refractivity contribution in [3.05, 3.63) is 59.2 Å². The Bertz CT molecular complexity index is 978. The SMILES string of the molecule is O=C(NC1CCCCC1)OC[C@H]1CN(C2CCN(c3ccccn3)CC2)[C@@H](Cc2ccc(Cl)cc2)CO1. The summed E-state index contributed by atoms with van der Waals surface area (Å²) in [6.45, 7) is 3.65. The van der Waals surface area contributed by atoms with Gasteiger partial charge in [0.1, 0.15) is 18.5 Å². The molecule has 0 spiro atoms. The van der Waals surface area contributed by atoms with Gasteiger partial charge in [-0.25, -0.2) is 9.78 Å². The molecule has 2 atom stereocenters. The summed E-state index contributed by atoms with van der Waals surface area (Å²) < 4.78 is 11.9. The van der Waals surface area contributed by atoms with Crippen LogP contribution in [0.25, 0.3) is 0 Å². The second kappa shape index (κ2) is 12.9. The predicted molar refractivity (Wildman–Crippen MR) is 146 cm³/mol. The second-order valence-electron chi connectivity index (χ2n) is 10.6. The van der Waals surface area contributed by atoms with E-state index >= 15 is 0 Å². The van der Waals surface area contributed by atoms with Crippen molar-refractivity contribution in [2.75, 3.05) is 37.7 Å². The number of amides is 1. The number of aromatic nitrogens is 1. The quantitative estimate of drug-likeness (QED) is 0.543. The Morgan fingerprint density at radius 1 is 1.05 bits per heavy atom. The number of alkyl carbamates (subject to hydrolysis) is 1. The zero-order chi connectivity index (χ0) is 25.5. The van der Waals surface area contributed by atoms with E-state index in [0.717, 1.165) is 62.6 Å². The molecule has 1 amide bonds. The largest absolute Gasteiger partial charge is 0.447 e. The lowest BCUT2D eigenvalue weighted by Crippen LogP contribution is -2.58. The minimum absolute atomic E-state index is 0.118. The van der Waals surface area contributed by atoms with Crippen LogP contribution in [0, 0.1) is 0 Å². The third-order valence-electron chi connectivity index (χ3n) is 8.03. The van der Waals surface area contributed by atoms with Gasteiger partial charge in [0, 0.05) is 49.0 Å². The van der Waals surface area contributed by atoms with Gasteiger partial charge in [0.25, 0.3) is 0 Å². The van der Waals surface area contributed by atoms with E-state index in [4.69, 9.17) is 21.1 Å². The molecule has 1 aromatic heterocycles. The molecular weight excluding hydrogens is 488 g/mol. The maximum atomic E-state index is 12.4. The highest BCUT2D eigenvalue weighted by molar-refractivity contribution is 6.30. The zero-order valence-corrected chi connectivity index (χ0v) is 22.3. The second-order valence-corrected chi connectivity index (χ2v) is 11.1. The van der Waals surface area contributed by atoms with Crippen LogP contribution in [0.1, 0.15) is 50.5 Å². The third kappa shape index (κ3) is 7.37. The summed E-state index contributed by atoms with van der Waals surface area (Å²) in [5.74, 6) is 1.05. The molecule has 1 aliphatic carbocycles. The molecule has 1 saturated carbocycles. The zero-order valence-electron chi connectivity index (χ0n) is 21.6. The number of ether oxygens (including phenoxy) is 2. The predicted octanol–water partition coefficient (Wildman–Crippen LogP) is 5.07. The summed E-state index contributed by atoms with van der Waals surface area (Å²) in [7, 11) is 0. The number of carbonyl (C=O) groups is 1. The van der Waals surface area contributed by atoms with Crippen molar-refractivity contribution < 1.29 is 14.3 Å². The Labute approximate surface area is 225 Å². The van der Waals surface area contributed by atoms with Crippen molar-refractivity contribution in [1.29, 1.82) is 0 Å². The van der Waals surface area contributed by atoms with Gasteiger partial charge in [-0.15, -0.1) is 0 Å². The van der Waals surface area contributed by atoms with Crippen LogP contribution in [-0.2, 0) is 15.9 Å². The summed E-state index contributed by atoms with van der Waals surface area (Å²) in [6.07, 6.45) is 10.2. The fourth-order valence-electron chi connectivity index (χ4n) is 5.99. The van der Waals surface area contributed by atoms with Gasteiger partial charge in [0.2, 0.25) is 0 Å². The summed E-state index contributed by atoms with van der Waals surface area (Å²) in [6, 6.07) is 15.2. The highest BCUT2D eigenvalue weighted by Gasteiger charge is 2.36. The molecule has 2 aliphatic heterocycles. The molecular formula is C29H39ClN4O3. The monoisotopic (exact) mass is 526 g/mol. The number of morpholine rings is 1. The first-order valence-corrected chi connectivity index (χ1v) is 14.2. The standard InChI is InChI=1S/C29H39ClN4O3/c30-23-11-9-22(10-12-23)18-26-20-36-27(21-37-29(35)32-24-6-2-1-3-7-24)19-34(26)25-13-16-33(17-14-25)28-8-4-5-15-31-28/h4-5,8-12,15,24-27H,1-3,6-7,13-14,16-21H2,(H,32,35)/t26-,27+/m0/s1. The van der Waals surface area contributed by atoms with Gasteiger partial charge in [-0.1, -0.05) is 49.1 Å². The molecule has 200 valence electrons. The maximum absolute atomic E-state index is 12.4. The van der Waals surface area contributed by atoms with E-state index in [-0.39, 0.29) is 30.9 Å². The molecule has 1 N–H and O–H groups in total. The number of nitrogens with zero attached hydrogens (tertiary/aromatic N) is 3. The van der Waals surface area contributed by atoms with Crippen molar-refractivity contribution in [2.24, 2.45) is 0 Å². The molecule has 3 aliphatic rings. The number of halogens is 1. The molecule has 1 aromatic carbocycles. The summed E-state index contributed by atoms with van der Waals surface area (Å²) in [4.78, 5) is 21.9. The summed E-state index contributed by atoms with van der Waals surface area (Å²) >= 11 is 6.12. The third-order valence-corrected chi connectivity index (χ3v) is 8.28. The van der Waals surface area contributed by atoms with Gasteiger partial charge in [-0.05, 0) is 61.9 Å². The van der Waals surface area contributed by atoms with Gasteiger partial charge < -0.3 is 19.7 Å². The van der Waals surface area contributed by atoms with Crippen LogP contribution in [0.5, 0.6) is 0 Å². The number of hydrogen-bond donors (Lipinski definition) is 1. The topological polar surface area (TPSA) is 66.9 Å². The highest BCUT2D eigenvalue weighted by Crippen LogP contribution is 2.27. The first kappa shape index (κ1) is 26.3. The molecule has 3 fully saturated rings. The maximum Gasteiger partial charge on any atom is 0.407 e. The number of hydrogen-bond acceptors (Lipinski definition) is 6. The molecule has 2 aromatic rings. The van der Waals surface area contributed by atoms with E-state index in [2.05, 4.69) is 38.3 Å². The number of piperidine rings is 1. The molecule has 0 unspecified atom stereocenters. The molecule has 7 nitrogen and oxygen atoms in total. The van der Waals surface area contributed by atoms with Crippen molar-refractivity contribution in [2.45, 2.75) is 75.6 Å². The first-order chi connectivity index (χ1) is 18.1. The highest BCUT2D eigenvalue weighted by atomic mass is 35.5. The average Bonchev–Trinajstić information content (AvgIpc) is 2.95. The Balaban J connectivity index is 1.19. The van der Waals surface area contributed by atoms with Crippen LogP contribution in [0.2, 0.25) is 5.02 Å². The number of benzene rings is 1. The molecule has 2 saturated heterocycles. The number of nitrogens with one attached hydrogen (secondary N) is 1. The molecule has 0 bridgehead atoms. The number of pyridine rings is 1. The van der Waals surface area contributed by atoms with E-state index in [1.54, 1.807) is 0 Å². The van der Waals surface area contributed by atoms with Crippen LogP contribution < -0.4 is 10.2 Å². The molecule has 8 heteroatoms. The van der Waals surface area contributed by atoms with Crippen LogP contribution >= 0.6 is 11.6 Å². The molecule has 0 radical (unpaired) electrons. The molecule has 5 rings (SSSR count). The summed E-state index contributed by atoms with van der Waals surface area (Å²) in [5.41, 5.74) is 1.26. The van der Waals surface area contributed by atoms with Crippen LogP contribution in [0.4, 0.5) is 10.6 Å².